The second kappa shape index (κ2) is 5.38. The molecule has 0 aliphatic heterocycles. The molecule has 1 aromatic carbocycles. The third kappa shape index (κ3) is 2.59. The summed E-state index contributed by atoms with van der Waals surface area (Å²) in [7, 11) is 0. The number of nitrogens with one attached hydrogen (secondary N) is 1. The number of nitrogens with zero attached hydrogens (tertiary/aromatic N) is 2. The molecule has 7 heteroatoms. The van der Waals surface area contributed by atoms with E-state index in [1.807, 2.05) is 24.3 Å². The van der Waals surface area contributed by atoms with Gasteiger partial charge in [0.1, 0.15) is 5.15 Å². The Bertz CT molecular complexity index is 692. The van der Waals surface area contributed by atoms with Crippen LogP contribution < -0.4 is 11.2 Å². The van der Waals surface area contributed by atoms with Crippen molar-refractivity contribution in [2.45, 2.75) is 6.92 Å². The highest BCUT2D eigenvalue weighted by molar-refractivity contribution is 7.80. The maximum Gasteiger partial charge on any atom is 0.229 e. The lowest BCUT2D eigenvalue weighted by molar-refractivity contribution is 0.0942. The molecule has 2 aromatic rings. The molecule has 0 atom stereocenters. The Balaban J connectivity index is 2.60. The Hall–Kier alpha value is -1.92. The highest BCUT2D eigenvalue weighted by Crippen LogP contribution is 2.28. The highest BCUT2D eigenvalue weighted by atomic mass is 35.5. The van der Waals surface area contributed by atoms with Gasteiger partial charge < -0.3 is 5.73 Å². The Kier molecular flexibility index (Phi) is 3.82. The summed E-state index contributed by atoms with van der Waals surface area (Å²) < 4.78 is 1.43. The molecule has 0 spiro atoms. The predicted octanol–water partition coefficient (Wildman–Crippen LogP) is 2.12. The lowest BCUT2D eigenvalue weighted by Gasteiger charge is -1.99. The van der Waals surface area contributed by atoms with Gasteiger partial charge in [0.25, 0.3) is 0 Å². The van der Waals surface area contributed by atoms with E-state index < -0.39 is 0 Å². The van der Waals surface area contributed by atoms with E-state index in [4.69, 9.17) is 17.3 Å². The average Bonchev–Trinajstić information content (AvgIpc) is 2.62. The van der Waals surface area contributed by atoms with Crippen LogP contribution in [-0.4, -0.2) is 21.8 Å². The summed E-state index contributed by atoms with van der Waals surface area (Å²) in [6, 6.07) is 7.39. The molecule has 0 unspecified atom stereocenters. The van der Waals surface area contributed by atoms with Crippen LogP contribution in [0.5, 0.6) is 0 Å². The van der Waals surface area contributed by atoms with E-state index in [1.165, 1.54) is 17.7 Å². The zero-order chi connectivity index (χ0) is 14.0. The van der Waals surface area contributed by atoms with Crippen molar-refractivity contribution in [1.29, 1.82) is 0 Å². The number of hydrogen-bond donors (Lipinski definition) is 2. The Labute approximate surface area is 120 Å². The van der Waals surface area contributed by atoms with Crippen molar-refractivity contribution in [2.24, 2.45) is 10.8 Å². The molecule has 2 rings (SSSR count). The molecule has 0 fully saturated rings. The number of para-hydroxylation sites is 1. The minimum Gasteiger partial charge on any atom is -0.375 e. The van der Waals surface area contributed by atoms with Gasteiger partial charge in [-0.3, -0.25) is 14.8 Å². The first-order valence-electron chi connectivity index (χ1n) is 5.40. The Morgan fingerprint density at radius 1 is 1.53 bits per heavy atom. The predicted molar refractivity (Wildman–Crippen MR) is 80.8 cm³/mol. The number of carbonyl (C=O) groups is 1. The number of thiocarbonyl (C=S) groups is 1. The lowest BCUT2D eigenvalue weighted by atomic mass is 10.2. The van der Waals surface area contributed by atoms with Gasteiger partial charge in [-0.1, -0.05) is 29.8 Å². The summed E-state index contributed by atoms with van der Waals surface area (Å²) in [4.78, 5) is 11.7. The van der Waals surface area contributed by atoms with E-state index in [9.17, 15) is 4.79 Å². The molecule has 1 heterocycles. The molecule has 0 radical (unpaired) electrons. The zero-order valence-corrected chi connectivity index (χ0v) is 11.6. The molecule has 0 saturated heterocycles. The van der Waals surface area contributed by atoms with Gasteiger partial charge in [-0.25, -0.2) is 0 Å². The summed E-state index contributed by atoms with van der Waals surface area (Å²) in [6.45, 7) is 1.45. The van der Waals surface area contributed by atoms with Crippen molar-refractivity contribution < 1.29 is 4.79 Å². The van der Waals surface area contributed by atoms with Gasteiger partial charge in [-0.2, -0.15) is 5.10 Å². The van der Waals surface area contributed by atoms with Crippen LogP contribution in [0.2, 0.25) is 5.15 Å². The minimum absolute atomic E-state index is 0.0580. The standard InChI is InChI=1S/C12H11ClN4OS/c1-7(18)17-10-5-3-2-4-8(10)9(11(17)13)6-15-16-12(14)19/h2-6H,1H3,(H3,14,16,19). The average molecular weight is 295 g/mol. The quantitative estimate of drug-likeness (QED) is 0.505. The molecule has 98 valence electrons. The van der Waals surface area contributed by atoms with E-state index in [0.29, 0.717) is 10.7 Å². The third-order valence-corrected chi connectivity index (χ3v) is 3.00. The van der Waals surface area contributed by atoms with Crippen LogP contribution in [-0.2, 0) is 0 Å². The normalized spacial score (nSPS) is 11.1. The van der Waals surface area contributed by atoms with Crippen molar-refractivity contribution in [3.63, 3.8) is 0 Å². The number of hydrogen-bond acceptors (Lipinski definition) is 3. The fourth-order valence-electron chi connectivity index (χ4n) is 1.82. The molecule has 1 aromatic heterocycles. The minimum atomic E-state index is -0.164. The number of halogens is 1. The first-order valence-corrected chi connectivity index (χ1v) is 6.19. The fraction of sp³-hybridized carbons (Fsp3) is 0.0833. The van der Waals surface area contributed by atoms with Crippen molar-refractivity contribution >= 4 is 52.0 Å². The van der Waals surface area contributed by atoms with Crippen molar-refractivity contribution in [3.8, 4) is 0 Å². The van der Waals surface area contributed by atoms with Crippen LogP contribution in [0.15, 0.2) is 29.4 Å². The van der Waals surface area contributed by atoms with Crippen LogP contribution in [0.25, 0.3) is 10.9 Å². The number of carbonyl (C=O) groups excluding carboxylic acids is 1. The molecular formula is C12H11ClN4OS. The van der Waals surface area contributed by atoms with Gasteiger partial charge in [0.15, 0.2) is 5.11 Å². The first kappa shape index (κ1) is 13.5. The number of aromatic nitrogens is 1. The monoisotopic (exact) mass is 294 g/mol. The van der Waals surface area contributed by atoms with Gasteiger partial charge >= 0.3 is 0 Å². The fourth-order valence-corrected chi connectivity index (χ4v) is 2.24. The van der Waals surface area contributed by atoms with Gasteiger partial charge in [-0.15, -0.1) is 0 Å². The smallest absolute Gasteiger partial charge is 0.229 e. The summed E-state index contributed by atoms with van der Waals surface area (Å²) in [6.07, 6.45) is 1.49. The summed E-state index contributed by atoms with van der Waals surface area (Å²) >= 11 is 10.9. The maximum absolute atomic E-state index is 11.7. The van der Waals surface area contributed by atoms with Crippen LogP contribution in [0.4, 0.5) is 0 Å². The molecule has 0 aliphatic rings. The highest BCUT2D eigenvalue weighted by Gasteiger charge is 2.16. The summed E-state index contributed by atoms with van der Waals surface area (Å²) in [5.74, 6) is -0.164. The summed E-state index contributed by atoms with van der Waals surface area (Å²) in [5, 5.41) is 5.07. The van der Waals surface area contributed by atoms with E-state index in [1.54, 1.807) is 0 Å². The molecular weight excluding hydrogens is 284 g/mol. The maximum atomic E-state index is 11.7. The Morgan fingerprint density at radius 2 is 2.21 bits per heavy atom. The Morgan fingerprint density at radius 3 is 2.84 bits per heavy atom. The molecule has 0 bridgehead atoms. The zero-order valence-electron chi connectivity index (χ0n) is 10.1. The van der Waals surface area contributed by atoms with E-state index in [0.717, 1.165) is 10.9 Å². The largest absolute Gasteiger partial charge is 0.375 e. The molecule has 3 N–H and O–H groups in total. The number of hydrazone groups is 1. The topological polar surface area (TPSA) is 72.4 Å². The van der Waals surface area contributed by atoms with Crippen LogP contribution in [0.1, 0.15) is 17.3 Å². The first-order chi connectivity index (χ1) is 9.02. The number of nitrogens with two attached hydrogens (primary N) is 1. The van der Waals surface area contributed by atoms with Gasteiger partial charge in [0.2, 0.25) is 5.91 Å². The lowest BCUT2D eigenvalue weighted by Crippen LogP contribution is -2.24. The molecule has 0 aliphatic carbocycles. The third-order valence-electron chi connectivity index (χ3n) is 2.54. The molecule has 19 heavy (non-hydrogen) atoms. The second-order valence-electron chi connectivity index (χ2n) is 3.81. The molecule has 5 nitrogen and oxygen atoms in total. The van der Waals surface area contributed by atoms with E-state index in [2.05, 4.69) is 22.7 Å². The molecule has 0 saturated carbocycles. The van der Waals surface area contributed by atoms with Crippen molar-refractivity contribution in [1.82, 2.24) is 9.99 Å². The second-order valence-corrected chi connectivity index (χ2v) is 4.61. The van der Waals surface area contributed by atoms with Crippen molar-refractivity contribution in [3.05, 3.63) is 35.0 Å². The van der Waals surface area contributed by atoms with Crippen LogP contribution >= 0.6 is 23.8 Å². The SMILES string of the molecule is CC(=O)n1c(Cl)c(C=NNC(N)=S)c2ccccc21. The van der Waals surface area contributed by atoms with E-state index >= 15 is 0 Å². The molecule has 0 amide bonds. The van der Waals surface area contributed by atoms with Gasteiger partial charge in [-0.05, 0) is 18.3 Å². The number of fused-ring (bicyclic) bond motifs is 1. The van der Waals surface area contributed by atoms with E-state index in [-0.39, 0.29) is 11.0 Å². The number of rotatable bonds is 2. The van der Waals surface area contributed by atoms with Crippen molar-refractivity contribution in [2.75, 3.05) is 0 Å². The van der Waals surface area contributed by atoms with Crippen LogP contribution in [0, 0.1) is 0 Å². The van der Waals surface area contributed by atoms with Crippen LogP contribution in [0.3, 0.4) is 0 Å². The van der Waals surface area contributed by atoms with Gasteiger partial charge in [0.05, 0.1) is 11.7 Å². The number of benzene rings is 1. The van der Waals surface area contributed by atoms with Gasteiger partial charge in [0, 0.05) is 17.9 Å². The summed E-state index contributed by atoms with van der Waals surface area (Å²) in [5.41, 5.74) is 9.09.